The van der Waals surface area contributed by atoms with Gasteiger partial charge in [-0.15, -0.1) is 0 Å². The van der Waals surface area contributed by atoms with E-state index in [0.717, 1.165) is 0 Å². The van der Waals surface area contributed by atoms with Crippen LogP contribution in [0.2, 0.25) is 0 Å². The minimum Gasteiger partial charge on any atom is -0.508 e. The number of phenols is 1. The van der Waals surface area contributed by atoms with Gasteiger partial charge < -0.3 is 37.6 Å². The number of rotatable bonds is 12. The number of carboxylic acid groups (broad SMARTS) is 1. The van der Waals surface area contributed by atoms with E-state index in [4.69, 9.17) is 16.6 Å². The highest BCUT2D eigenvalue weighted by Gasteiger charge is 2.29. The second-order valence-electron chi connectivity index (χ2n) is 7.02. The fraction of sp³-hybridized carbons (Fsp3) is 0.421. The minimum absolute atomic E-state index is 0.0610. The Labute approximate surface area is 189 Å². The average Bonchev–Trinajstić information content (AvgIpc) is 2.72. The lowest BCUT2D eigenvalue weighted by atomic mass is 10.1. The van der Waals surface area contributed by atoms with E-state index < -0.39 is 60.2 Å². The smallest absolute Gasteiger partial charge is 0.325 e. The molecule has 0 aliphatic rings. The van der Waals surface area contributed by atoms with E-state index in [0.29, 0.717) is 5.56 Å². The number of aromatic hydroxyl groups is 1. The fourth-order valence-electron chi connectivity index (χ4n) is 2.51. The van der Waals surface area contributed by atoms with Crippen molar-refractivity contribution in [2.45, 2.75) is 43.9 Å². The van der Waals surface area contributed by atoms with Crippen molar-refractivity contribution in [2.75, 3.05) is 5.75 Å². The first-order valence-corrected chi connectivity index (χ1v) is 10.1. The molecule has 0 bridgehead atoms. The maximum atomic E-state index is 12.6. The van der Waals surface area contributed by atoms with Crippen LogP contribution < -0.4 is 27.4 Å². The molecule has 1 rings (SSSR count). The Morgan fingerprint density at radius 3 is 2.00 bits per heavy atom. The van der Waals surface area contributed by atoms with Crippen molar-refractivity contribution < 1.29 is 34.2 Å². The summed E-state index contributed by atoms with van der Waals surface area (Å²) in [4.78, 5) is 59.4. The van der Waals surface area contributed by atoms with Crippen molar-refractivity contribution in [3.05, 3.63) is 29.8 Å². The Hall–Kier alpha value is -3.32. The van der Waals surface area contributed by atoms with Gasteiger partial charge in [-0.1, -0.05) is 12.1 Å². The number of phenolic OH excluding ortho intramolecular Hbond substituents is 1. The van der Waals surface area contributed by atoms with Gasteiger partial charge in [-0.3, -0.25) is 24.0 Å². The number of amides is 4. The van der Waals surface area contributed by atoms with Gasteiger partial charge in [0.15, 0.2) is 0 Å². The van der Waals surface area contributed by atoms with Gasteiger partial charge in [-0.05, 0) is 31.0 Å². The Bertz CT molecular complexity index is 849. The molecule has 4 atom stereocenters. The van der Waals surface area contributed by atoms with Crippen molar-refractivity contribution in [1.82, 2.24) is 16.0 Å². The zero-order chi connectivity index (χ0) is 24.4. The quantitative estimate of drug-likeness (QED) is 0.154. The number of benzene rings is 1. The van der Waals surface area contributed by atoms with Gasteiger partial charge in [0.25, 0.3) is 0 Å². The minimum atomic E-state index is -1.45. The van der Waals surface area contributed by atoms with E-state index >= 15 is 0 Å². The summed E-state index contributed by atoms with van der Waals surface area (Å²) in [5.41, 5.74) is 11.7. The molecular weight excluding hydrogens is 442 g/mol. The van der Waals surface area contributed by atoms with Crippen LogP contribution >= 0.6 is 12.6 Å². The number of carbonyl (C=O) groups is 5. The number of carbonyl (C=O) groups excluding carboxylic acids is 4. The van der Waals surface area contributed by atoms with E-state index in [1.165, 1.54) is 19.1 Å². The van der Waals surface area contributed by atoms with Gasteiger partial charge in [-0.25, -0.2) is 0 Å². The molecule has 0 spiro atoms. The van der Waals surface area contributed by atoms with Crippen LogP contribution in [-0.4, -0.2) is 69.7 Å². The molecule has 176 valence electrons. The second kappa shape index (κ2) is 12.5. The normalized spacial score (nSPS) is 14.3. The van der Waals surface area contributed by atoms with E-state index in [9.17, 15) is 29.1 Å². The van der Waals surface area contributed by atoms with Crippen LogP contribution in [0, 0.1) is 0 Å². The lowest BCUT2D eigenvalue weighted by Gasteiger charge is -2.23. The topological polar surface area (TPSA) is 214 Å². The average molecular weight is 470 g/mol. The summed E-state index contributed by atoms with van der Waals surface area (Å²) in [7, 11) is 0. The molecule has 13 heteroatoms. The van der Waals surface area contributed by atoms with Crippen molar-refractivity contribution in [2.24, 2.45) is 11.5 Å². The molecule has 0 heterocycles. The lowest BCUT2D eigenvalue weighted by Crippen LogP contribution is -2.58. The van der Waals surface area contributed by atoms with Gasteiger partial charge in [-0.2, -0.15) is 12.6 Å². The van der Waals surface area contributed by atoms with Crippen LogP contribution in [0.4, 0.5) is 0 Å². The molecule has 0 saturated heterocycles. The van der Waals surface area contributed by atoms with Crippen molar-refractivity contribution >= 4 is 42.2 Å². The summed E-state index contributed by atoms with van der Waals surface area (Å²) in [6, 6.07) is 1.14. The number of aliphatic carboxylic acids is 1. The molecule has 9 N–H and O–H groups in total. The Balaban J connectivity index is 2.78. The molecular formula is C19H27N5O7S. The van der Waals surface area contributed by atoms with Crippen LogP contribution in [0.5, 0.6) is 5.75 Å². The summed E-state index contributed by atoms with van der Waals surface area (Å²) in [6.07, 6.45) is -0.454. The van der Waals surface area contributed by atoms with Crippen LogP contribution in [0.15, 0.2) is 24.3 Å². The molecule has 0 radical (unpaired) electrons. The van der Waals surface area contributed by atoms with E-state index in [2.05, 4.69) is 28.6 Å². The highest BCUT2D eigenvalue weighted by Crippen LogP contribution is 2.11. The predicted octanol–water partition coefficient (Wildman–Crippen LogP) is -2.37. The Morgan fingerprint density at radius 2 is 1.50 bits per heavy atom. The van der Waals surface area contributed by atoms with Gasteiger partial charge in [0, 0.05) is 5.75 Å². The first-order valence-electron chi connectivity index (χ1n) is 9.51. The number of thiol groups is 1. The summed E-state index contributed by atoms with van der Waals surface area (Å²) >= 11 is 4.02. The molecule has 1 aromatic rings. The van der Waals surface area contributed by atoms with Gasteiger partial charge in [0.05, 0.1) is 12.5 Å². The number of nitrogens with two attached hydrogens (primary N) is 2. The molecule has 12 nitrogen and oxygen atoms in total. The largest absolute Gasteiger partial charge is 0.508 e. The zero-order valence-electron chi connectivity index (χ0n) is 17.3. The Kier molecular flexibility index (Phi) is 10.4. The third-order valence-electron chi connectivity index (χ3n) is 4.31. The van der Waals surface area contributed by atoms with E-state index in [1.807, 2.05) is 0 Å². The number of hydrogen-bond donors (Lipinski definition) is 8. The summed E-state index contributed by atoms with van der Waals surface area (Å²) < 4.78 is 0. The lowest BCUT2D eigenvalue weighted by molar-refractivity contribution is -0.142. The fourth-order valence-corrected chi connectivity index (χ4v) is 2.77. The molecule has 0 aliphatic heterocycles. The number of primary amides is 1. The second-order valence-corrected chi connectivity index (χ2v) is 7.39. The van der Waals surface area contributed by atoms with E-state index in [-0.39, 0.29) is 17.9 Å². The first-order chi connectivity index (χ1) is 14.9. The molecule has 0 saturated carbocycles. The molecule has 0 aromatic heterocycles. The number of nitrogens with one attached hydrogen (secondary N) is 3. The third kappa shape index (κ3) is 8.81. The van der Waals surface area contributed by atoms with Crippen molar-refractivity contribution in [1.29, 1.82) is 0 Å². The molecule has 4 amide bonds. The van der Waals surface area contributed by atoms with Gasteiger partial charge in [0.1, 0.15) is 23.9 Å². The molecule has 0 aliphatic carbocycles. The van der Waals surface area contributed by atoms with Gasteiger partial charge >= 0.3 is 5.97 Å². The molecule has 4 unspecified atom stereocenters. The Morgan fingerprint density at radius 1 is 0.969 bits per heavy atom. The van der Waals surface area contributed by atoms with Crippen LogP contribution in [0.3, 0.4) is 0 Å². The standard InChI is InChI=1S/C19H27N5O7S/c1-9(19(30)31)22-17(28)13(7-15(21)26)23-18(29)14(8-32)24-16(27)12(20)6-10-2-4-11(25)5-3-10/h2-5,9,12-14,25,32H,6-8,20H2,1H3,(H2,21,26)(H,22,28)(H,23,29)(H,24,27)(H,30,31). The number of hydrogen-bond acceptors (Lipinski definition) is 8. The maximum absolute atomic E-state index is 12.6. The number of carboxylic acids is 1. The van der Waals surface area contributed by atoms with Crippen molar-refractivity contribution in [3.8, 4) is 5.75 Å². The first kappa shape index (κ1) is 26.7. The van der Waals surface area contributed by atoms with Gasteiger partial charge in [0.2, 0.25) is 23.6 Å². The zero-order valence-corrected chi connectivity index (χ0v) is 18.2. The highest BCUT2D eigenvalue weighted by atomic mass is 32.1. The monoisotopic (exact) mass is 469 g/mol. The highest BCUT2D eigenvalue weighted by molar-refractivity contribution is 7.80. The summed E-state index contributed by atoms with van der Waals surface area (Å²) in [5, 5.41) is 25.0. The molecule has 1 aromatic carbocycles. The van der Waals surface area contributed by atoms with E-state index in [1.54, 1.807) is 12.1 Å². The molecule has 32 heavy (non-hydrogen) atoms. The summed E-state index contributed by atoms with van der Waals surface area (Å²) in [6.45, 7) is 1.20. The molecule has 0 fully saturated rings. The summed E-state index contributed by atoms with van der Waals surface area (Å²) in [5.74, 6) is -4.75. The van der Waals surface area contributed by atoms with Crippen LogP contribution in [0.1, 0.15) is 18.9 Å². The predicted molar refractivity (Wildman–Crippen MR) is 117 cm³/mol. The maximum Gasteiger partial charge on any atom is 0.325 e. The van der Waals surface area contributed by atoms with Crippen LogP contribution in [0.25, 0.3) is 0 Å². The van der Waals surface area contributed by atoms with Crippen molar-refractivity contribution in [3.63, 3.8) is 0 Å². The SMILES string of the molecule is CC(NC(=O)C(CC(N)=O)NC(=O)C(CS)NC(=O)C(N)Cc1ccc(O)cc1)C(=O)O. The third-order valence-corrected chi connectivity index (χ3v) is 4.68. The van der Waals surface area contributed by atoms with Crippen LogP contribution in [-0.2, 0) is 30.4 Å².